The van der Waals surface area contributed by atoms with Gasteiger partial charge in [-0.3, -0.25) is 9.59 Å². The largest absolute Gasteiger partial charge is 0.439 e. The summed E-state index contributed by atoms with van der Waals surface area (Å²) in [5, 5.41) is 7.09. The van der Waals surface area contributed by atoms with Crippen molar-refractivity contribution in [2.24, 2.45) is 5.92 Å². The maximum Gasteiger partial charge on any atom is 0.229 e. The lowest BCUT2D eigenvalue weighted by Crippen LogP contribution is -2.28. The number of nitrogens with one attached hydrogen (secondary N) is 1. The topological polar surface area (TPSA) is 102 Å². The summed E-state index contributed by atoms with van der Waals surface area (Å²) >= 11 is 0. The van der Waals surface area contributed by atoms with E-state index in [0.717, 1.165) is 11.3 Å². The highest BCUT2D eigenvalue weighted by molar-refractivity contribution is 6.03. The van der Waals surface area contributed by atoms with Crippen LogP contribution in [-0.2, 0) is 9.59 Å². The molecule has 2 amide bonds. The van der Waals surface area contributed by atoms with E-state index < -0.39 is 5.92 Å². The van der Waals surface area contributed by atoms with Gasteiger partial charge in [0.05, 0.1) is 5.92 Å². The molecule has 1 fully saturated rings. The molecule has 1 aliphatic heterocycles. The molecule has 1 aliphatic rings. The second-order valence-electron chi connectivity index (χ2n) is 8.42. The Kier molecular flexibility index (Phi) is 5.97. The monoisotopic (exact) mass is 468 g/mol. The molecule has 0 bridgehead atoms. The summed E-state index contributed by atoms with van der Waals surface area (Å²) in [5.74, 6) is 1.47. The number of anilines is 2. The number of benzene rings is 2. The first-order chi connectivity index (χ1) is 16.9. The Morgan fingerprint density at radius 3 is 2.54 bits per heavy atom. The Morgan fingerprint density at radius 2 is 1.83 bits per heavy atom. The Hall–Kier alpha value is -4.53. The van der Waals surface area contributed by atoms with Gasteiger partial charge in [0, 0.05) is 42.8 Å². The van der Waals surface area contributed by atoms with Crippen LogP contribution in [0.4, 0.5) is 11.4 Å². The Labute approximate surface area is 202 Å². The minimum Gasteiger partial charge on any atom is -0.439 e. The number of rotatable bonds is 6. The van der Waals surface area contributed by atoms with Gasteiger partial charge in [-0.15, -0.1) is 0 Å². The van der Waals surface area contributed by atoms with Gasteiger partial charge < -0.3 is 15.0 Å². The van der Waals surface area contributed by atoms with Crippen LogP contribution in [0.3, 0.4) is 0 Å². The van der Waals surface area contributed by atoms with Crippen molar-refractivity contribution in [3.05, 3.63) is 84.4 Å². The fourth-order valence-electron chi connectivity index (χ4n) is 3.93. The molecule has 0 radical (unpaired) electrons. The summed E-state index contributed by atoms with van der Waals surface area (Å²) < 4.78 is 7.52. The maximum absolute atomic E-state index is 12.8. The van der Waals surface area contributed by atoms with Crippen LogP contribution in [0.1, 0.15) is 17.8 Å². The number of aromatic nitrogens is 4. The van der Waals surface area contributed by atoms with Gasteiger partial charge in [0.2, 0.25) is 17.7 Å². The zero-order valence-corrected chi connectivity index (χ0v) is 19.4. The van der Waals surface area contributed by atoms with E-state index in [1.54, 1.807) is 59.2 Å². The lowest BCUT2D eigenvalue weighted by molar-refractivity contribution is -0.122. The highest BCUT2D eigenvalue weighted by Crippen LogP contribution is 2.27. The molecule has 3 heterocycles. The lowest BCUT2D eigenvalue weighted by Gasteiger charge is -2.17. The minimum absolute atomic E-state index is 0.0487. The maximum atomic E-state index is 12.8. The first-order valence-corrected chi connectivity index (χ1v) is 11.3. The van der Waals surface area contributed by atoms with Crippen molar-refractivity contribution in [1.29, 1.82) is 0 Å². The van der Waals surface area contributed by atoms with Gasteiger partial charge in [0.25, 0.3) is 0 Å². The molecule has 1 saturated heterocycles. The molecule has 1 atom stereocenters. The molecule has 5 rings (SSSR count). The Balaban J connectivity index is 1.22. The van der Waals surface area contributed by atoms with E-state index in [2.05, 4.69) is 20.4 Å². The van der Waals surface area contributed by atoms with Crippen molar-refractivity contribution in [3.63, 3.8) is 0 Å². The van der Waals surface area contributed by atoms with Crippen LogP contribution >= 0.6 is 0 Å². The number of ether oxygens (including phenoxy) is 1. The van der Waals surface area contributed by atoms with Crippen molar-refractivity contribution < 1.29 is 14.3 Å². The standard InChI is InChI=1S/C26H24N6O3/c1-17-4-8-21(9-5-17)31-16-19(14-25(31)33)26(34)30-20-6-10-22(11-7-20)35-24-15-23(28-18(2)29-24)32-13-3-12-27-32/h3-13,15,19H,14,16H2,1-2H3,(H,30,34). The number of hydrogen-bond acceptors (Lipinski definition) is 6. The molecular formula is C26H24N6O3. The molecule has 9 heteroatoms. The van der Waals surface area contributed by atoms with Gasteiger partial charge in [-0.25, -0.2) is 9.67 Å². The smallest absolute Gasteiger partial charge is 0.229 e. The van der Waals surface area contributed by atoms with Crippen LogP contribution in [0.2, 0.25) is 0 Å². The quantitative estimate of drug-likeness (QED) is 0.458. The molecule has 1 unspecified atom stereocenters. The van der Waals surface area contributed by atoms with E-state index in [-0.39, 0.29) is 18.2 Å². The van der Waals surface area contributed by atoms with Gasteiger partial charge in [-0.2, -0.15) is 10.1 Å². The number of amides is 2. The number of carbonyl (C=O) groups is 2. The van der Waals surface area contributed by atoms with Crippen LogP contribution in [-0.4, -0.2) is 38.1 Å². The average Bonchev–Trinajstić information content (AvgIpc) is 3.51. The van der Waals surface area contributed by atoms with Gasteiger partial charge in [-0.1, -0.05) is 17.7 Å². The van der Waals surface area contributed by atoms with Crippen LogP contribution in [0, 0.1) is 19.8 Å². The second kappa shape index (κ2) is 9.38. The third-order valence-corrected chi connectivity index (χ3v) is 5.73. The number of carbonyl (C=O) groups excluding carboxylic acids is 2. The molecule has 4 aromatic rings. The predicted octanol–water partition coefficient (Wildman–Crippen LogP) is 4.06. The predicted molar refractivity (Wildman–Crippen MR) is 131 cm³/mol. The van der Waals surface area contributed by atoms with E-state index in [1.807, 2.05) is 37.3 Å². The highest BCUT2D eigenvalue weighted by Gasteiger charge is 2.35. The van der Waals surface area contributed by atoms with E-state index in [0.29, 0.717) is 35.5 Å². The zero-order chi connectivity index (χ0) is 24.4. The van der Waals surface area contributed by atoms with Crippen LogP contribution < -0.4 is 15.0 Å². The summed E-state index contributed by atoms with van der Waals surface area (Å²) in [5.41, 5.74) is 2.56. The number of hydrogen-bond donors (Lipinski definition) is 1. The van der Waals surface area contributed by atoms with Crippen molar-refractivity contribution in [2.45, 2.75) is 20.3 Å². The third kappa shape index (κ3) is 5.03. The van der Waals surface area contributed by atoms with E-state index in [4.69, 9.17) is 4.74 Å². The molecule has 35 heavy (non-hydrogen) atoms. The lowest BCUT2D eigenvalue weighted by atomic mass is 10.1. The van der Waals surface area contributed by atoms with E-state index >= 15 is 0 Å². The van der Waals surface area contributed by atoms with Gasteiger partial charge >= 0.3 is 0 Å². The molecule has 1 N–H and O–H groups in total. The van der Waals surface area contributed by atoms with E-state index in [9.17, 15) is 9.59 Å². The minimum atomic E-state index is -0.413. The van der Waals surface area contributed by atoms with Crippen LogP contribution in [0.5, 0.6) is 11.6 Å². The zero-order valence-electron chi connectivity index (χ0n) is 19.4. The molecular weight excluding hydrogens is 444 g/mol. The first kappa shape index (κ1) is 22.3. The number of nitrogens with zero attached hydrogens (tertiary/aromatic N) is 5. The second-order valence-corrected chi connectivity index (χ2v) is 8.42. The Bertz CT molecular complexity index is 1350. The van der Waals surface area contributed by atoms with Crippen molar-refractivity contribution in [1.82, 2.24) is 19.7 Å². The van der Waals surface area contributed by atoms with E-state index in [1.165, 1.54) is 0 Å². The summed E-state index contributed by atoms with van der Waals surface area (Å²) in [6, 6.07) is 18.2. The average molecular weight is 469 g/mol. The van der Waals surface area contributed by atoms with Crippen molar-refractivity contribution >= 4 is 23.2 Å². The Morgan fingerprint density at radius 1 is 1.06 bits per heavy atom. The highest BCUT2D eigenvalue weighted by atomic mass is 16.5. The normalized spacial score (nSPS) is 15.3. The fraction of sp³-hybridized carbons (Fsp3) is 0.192. The molecule has 9 nitrogen and oxygen atoms in total. The molecule has 2 aromatic carbocycles. The summed E-state index contributed by atoms with van der Waals surface area (Å²) in [4.78, 5) is 35.7. The fourth-order valence-corrected chi connectivity index (χ4v) is 3.93. The summed E-state index contributed by atoms with van der Waals surface area (Å²) in [7, 11) is 0. The van der Waals surface area contributed by atoms with Gasteiger partial charge in [0.15, 0.2) is 5.82 Å². The first-order valence-electron chi connectivity index (χ1n) is 11.3. The molecule has 0 spiro atoms. The number of aryl methyl sites for hydroxylation is 2. The van der Waals surface area contributed by atoms with Gasteiger partial charge in [0.1, 0.15) is 11.6 Å². The third-order valence-electron chi connectivity index (χ3n) is 5.73. The van der Waals surface area contributed by atoms with Crippen LogP contribution in [0.25, 0.3) is 5.82 Å². The van der Waals surface area contributed by atoms with Gasteiger partial charge in [-0.05, 0) is 56.3 Å². The van der Waals surface area contributed by atoms with Crippen molar-refractivity contribution in [2.75, 3.05) is 16.8 Å². The van der Waals surface area contributed by atoms with Crippen molar-refractivity contribution in [3.8, 4) is 17.4 Å². The molecule has 0 aliphatic carbocycles. The molecule has 0 saturated carbocycles. The summed E-state index contributed by atoms with van der Waals surface area (Å²) in [6.45, 7) is 4.14. The van der Waals surface area contributed by atoms with Crippen LogP contribution in [0.15, 0.2) is 73.1 Å². The molecule has 2 aromatic heterocycles. The SMILES string of the molecule is Cc1ccc(N2CC(C(=O)Nc3ccc(Oc4cc(-n5cccn5)nc(C)n4)cc3)CC2=O)cc1. The molecule has 176 valence electrons. The summed E-state index contributed by atoms with van der Waals surface area (Å²) in [6.07, 6.45) is 3.65.